The van der Waals surface area contributed by atoms with Gasteiger partial charge in [-0.3, -0.25) is 4.79 Å². The van der Waals surface area contributed by atoms with Gasteiger partial charge in [-0.1, -0.05) is 29.8 Å². The molecule has 1 heterocycles. The Hall–Kier alpha value is -2.67. The summed E-state index contributed by atoms with van der Waals surface area (Å²) in [7, 11) is 0. The predicted octanol–water partition coefficient (Wildman–Crippen LogP) is 4.36. The minimum Gasteiger partial charge on any atom is -0.321 e. The number of hydrogen-bond donors (Lipinski definition) is 1. The monoisotopic (exact) mass is 370 g/mol. The molecule has 0 aliphatic carbocycles. The van der Waals surface area contributed by atoms with Crippen LogP contribution in [0.3, 0.4) is 0 Å². The lowest BCUT2D eigenvalue weighted by atomic mass is 10.1. The molecule has 0 saturated heterocycles. The third-order valence-electron chi connectivity index (χ3n) is 3.79. The van der Waals surface area contributed by atoms with E-state index in [-0.39, 0.29) is 11.7 Å². The van der Waals surface area contributed by atoms with Crippen molar-refractivity contribution in [2.75, 3.05) is 11.1 Å². The van der Waals surface area contributed by atoms with E-state index in [1.807, 2.05) is 38.1 Å². The Morgan fingerprint density at radius 2 is 1.85 bits per heavy atom. The smallest absolute Gasteiger partial charge is 0.276 e. The van der Waals surface area contributed by atoms with Crippen LogP contribution in [0.15, 0.2) is 48.5 Å². The molecule has 2 aromatic carbocycles. The van der Waals surface area contributed by atoms with Gasteiger partial charge in [-0.15, -0.1) is 16.9 Å². The van der Waals surface area contributed by atoms with E-state index in [1.165, 1.54) is 12.1 Å². The lowest BCUT2D eigenvalue weighted by Gasteiger charge is -2.09. The number of carbonyl (C=O) groups is 1. The number of thioether (sulfide) groups is 1. The maximum Gasteiger partial charge on any atom is 0.276 e. The van der Waals surface area contributed by atoms with Crippen LogP contribution < -0.4 is 5.32 Å². The van der Waals surface area contributed by atoms with Gasteiger partial charge in [0.1, 0.15) is 11.5 Å². The van der Waals surface area contributed by atoms with E-state index in [0.29, 0.717) is 28.5 Å². The van der Waals surface area contributed by atoms with Crippen LogP contribution >= 0.6 is 11.8 Å². The van der Waals surface area contributed by atoms with Gasteiger partial charge in [-0.2, -0.15) is 0 Å². The molecule has 0 saturated carbocycles. The molecule has 0 aliphatic heterocycles. The van der Waals surface area contributed by atoms with Gasteiger partial charge in [0.05, 0.1) is 5.88 Å². The van der Waals surface area contributed by atoms with Gasteiger partial charge in [0.25, 0.3) is 5.91 Å². The second-order valence-electron chi connectivity index (χ2n) is 5.74. The first kappa shape index (κ1) is 18.1. The fourth-order valence-corrected chi connectivity index (χ4v) is 2.97. The van der Waals surface area contributed by atoms with Crippen molar-refractivity contribution in [1.29, 1.82) is 0 Å². The average molecular weight is 370 g/mol. The molecular weight excluding hydrogens is 351 g/mol. The zero-order valence-electron chi connectivity index (χ0n) is 14.6. The van der Waals surface area contributed by atoms with Crippen LogP contribution in [0.5, 0.6) is 0 Å². The van der Waals surface area contributed by atoms with E-state index in [1.54, 1.807) is 28.6 Å². The van der Waals surface area contributed by atoms with Gasteiger partial charge in [0.15, 0.2) is 5.69 Å². The number of carbonyl (C=O) groups excluding carboxylic acids is 1. The number of anilines is 1. The predicted molar refractivity (Wildman–Crippen MR) is 103 cm³/mol. The summed E-state index contributed by atoms with van der Waals surface area (Å²) >= 11 is 1.63. The van der Waals surface area contributed by atoms with E-state index in [9.17, 15) is 9.18 Å². The lowest BCUT2D eigenvalue weighted by Crippen LogP contribution is -2.18. The summed E-state index contributed by atoms with van der Waals surface area (Å²) in [4.78, 5) is 12.9. The van der Waals surface area contributed by atoms with Crippen molar-refractivity contribution in [3.63, 3.8) is 0 Å². The lowest BCUT2D eigenvalue weighted by molar-refractivity contribution is 0.101. The van der Waals surface area contributed by atoms with Crippen LogP contribution in [0.4, 0.5) is 10.1 Å². The molecule has 0 spiro atoms. The van der Waals surface area contributed by atoms with Gasteiger partial charge in [0.2, 0.25) is 0 Å². The number of nitrogens with one attached hydrogen (secondary N) is 1. The summed E-state index contributed by atoms with van der Waals surface area (Å²) in [5, 5.41) is 11.2. The zero-order chi connectivity index (χ0) is 18.5. The minimum absolute atomic E-state index is 0.296. The molecule has 1 aromatic heterocycles. The van der Waals surface area contributed by atoms with E-state index in [2.05, 4.69) is 15.6 Å². The van der Waals surface area contributed by atoms with Gasteiger partial charge >= 0.3 is 0 Å². The molecular formula is C19H19FN4OS. The molecule has 0 atom stereocenters. The topological polar surface area (TPSA) is 59.8 Å². The number of amides is 1. The van der Waals surface area contributed by atoms with E-state index in [4.69, 9.17) is 0 Å². The number of benzene rings is 2. The summed E-state index contributed by atoms with van der Waals surface area (Å²) in [5.74, 6) is 0.773. The first-order valence-corrected chi connectivity index (χ1v) is 9.39. The molecule has 3 rings (SSSR count). The van der Waals surface area contributed by atoms with Crippen molar-refractivity contribution in [2.24, 2.45) is 0 Å². The SMILES string of the molecule is CCSCn1nnc(-c2ccc(F)cc2)c1C(=O)Nc1ccc(C)cc1. The molecule has 3 aromatic rings. The molecule has 0 aliphatic rings. The molecule has 0 radical (unpaired) electrons. The molecule has 7 heteroatoms. The second-order valence-corrected chi connectivity index (χ2v) is 6.98. The Balaban J connectivity index is 1.96. The Bertz CT molecular complexity index is 891. The summed E-state index contributed by atoms with van der Waals surface area (Å²) in [6.07, 6.45) is 0. The maximum absolute atomic E-state index is 13.2. The third kappa shape index (κ3) is 4.11. The van der Waals surface area contributed by atoms with Gasteiger partial charge in [0, 0.05) is 11.3 Å². The Labute approximate surface area is 155 Å². The van der Waals surface area contributed by atoms with Crippen LogP contribution in [-0.2, 0) is 5.88 Å². The maximum atomic E-state index is 13.2. The molecule has 26 heavy (non-hydrogen) atoms. The highest BCUT2D eigenvalue weighted by atomic mass is 32.2. The van der Waals surface area contributed by atoms with E-state index >= 15 is 0 Å². The number of aryl methyl sites for hydroxylation is 1. The Morgan fingerprint density at radius 3 is 2.50 bits per heavy atom. The Kier molecular flexibility index (Phi) is 5.68. The van der Waals surface area contributed by atoms with Crippen molar-refractivity contribution >= 4 is 23.4 Å². The quantitative estimate of drug-likeness (QED) is 0.701. The first-order valence-electron chi connectivity index (χ1n) is 8.23. The average Bonchev–Trinajstić information content (AvgIpc) is 3.06. The number of nitrogens with zero attached hydrogens (tertiary/aromatic N) is 3. The van der Waals surface area contributed by atoms with Crippen LogP contribution in [0, 0.1) is 12.7 Å². The van der Waals surface area contributed by atoms with Crippen LogP contribution in [0.1, 0.15) is 23.0 Å². The van der Waals surface area contributed by atoms with Gasteiger partial charge < -0.3 is 5.32 Å². The number of aromatic nitrogens is 3. The highest BCUT2D eigenvalue weighted by Crippen LogP contribution is 2.24. The number of hydrogen-bond acceptors (Lipinski definition) is 4. The minimum atomic E-state index is -0.340. The summed E-state index contributed by atoms with van der Waals surface area (Å²) in [5.41, 5.74) is 3.25. The third-order valence-corrected chi connectivity index (χ3v) is 4.63. The van der Waals surface area contributed by atoms with Crippen molar-refractivity contribution in [1.82, 2.24) is 15.0 Å². The van der Waals surface area contributed by atoms with Crippen molar-refractivity contribution < 1.29 is 9.18 Å². The molecule has 0 bridgehead atoms. The number of halogens is 1. The molecule has 5 nitrogen and oxygen atoms in total. The van der Waals surface area contributed by atoms with Crippen LogP contribution in [-0.4, -0.2) is 26.7 Å². The summed E-state index contributed by atoms with van der Waals surface area (Å²) in [6.45, 7) is 4.02. The van der Waals surface area contributed by atoms with Crippen molar-refractivity contribution in [3.05, 3.63) is 65.6 Å². The fourth-order valence-electron chi connectivity index (χ4n) is 2.44. The van der Waals surface area contributed by atoms with Gasteiger partial charge in [-0.25, -0.2) is 9.07 Å². The summed E-state index contributed by atoms with van der Waals surface area (Å²) in [6, 6.07) is 13.4. The molecule has 1 amide bonds. The van der Waals surface area contributed by atoms with Crippen molar-refractivity contribution in [2.45, 2.75) is 19.7 Å². The molecule has 1 N–H and O–H groups in total. The fraction of sp³-hybridized carbons (Fsp3) is 0.211. The number of rotatable bonds is 6. The standard InChI is InChI=1S/C19H19FN4OS/c1-3-26-12-24-18(19(25)21-16-10-4-13(2)5-11-16)17(22-23-24)14-6-8-15(20)9-7-14/h4-11H,3,12H2,1-2H3,(H,21,25). The van der Waals surface area contributed by atoms with Crippen LogP contribution in [0.25, 0.3) is 11.3 Å². The van der Waals surface area contributed by atoms with Gasteiger partial charge in [-0.05, 0) is 49.1 Å². The molecule has 0 unspecified atom stereocenters. The largest absolute Gasteiger partial charge is 0.321 e. The molecule has 134 valence electrons. The van der Waals surface area contributed by atoms with E-state index in [0.717, 1.165) is 11.3 Å². The second kappa shape index (κ2) is 8.14. The first-order chi connectivity index (χ1) is 12.6. The van der Waals surface area contributed by atoms with E-state index < -0.39 is 0 Å². The highest BCUT2D eigenvalue weighted by Gasteiger charge is 2.22. The van der Waals surface area contributed by atoms with Crippen LogP contribution in [0.2, 0.25) is 0 Å². The summed E-state index contributed by atoms with van der Waals surface area (Å²) < 4.78 is 14.8. The zero-order valence-corrected chi connectivity index (χ0v) is 15.4. The van der Waals surface area contributed by atoms with Crippen molar-refractivity contribution in [3.8, 4) is 11.3 Å². The Morgan fingerprint density at radius 1 is 1.15 bits per heavy atom. The normalized spacial score (nSPS) is 10.7. The molecule has 0 fully saturated rings. The highest BCUT2D eigenvalue weighted by molar-refractivity contribution is 7.98.